The molecule has 2 saturated heterocycles. The lowest BCUT2D eigenvalue weighted by atomic mass is 10.1. The molecule has 33 heavy (non-hydrogen) atoms. The highest BCUT2D eigenvalue weighted by Crippen LogP contribution is 2.23. The van der Waals surface area contributed by atoms with Crippen molar-refractivity contribution in [3.8, 4) is 11.5 Å². The molecule has 0 atom stereocenters. The maximum atomic E-state index is 11.9. The number of amides is 2. The summed E-state index contributed by atoms with van der Waals surface area (Å²) in [7, 11) is 0. The van der Waals surface area contributed by atoms with E-state index >= 15 is 0 Å². The van der Waals surface area contributed by atoms with Crippen molar-refractivity contribution in [2.75, 3.05) is 13.2 Å². The maximum Gasteiger partial charge on any atom is 0.273 e. The summed E-state index contributed by atoms with van der Waals surface area (Å²) < 4.78 is 11.8. The first kappa shape index (κ1) is 22.4. The molecule has 2 aliphatic heterocycles. The van der Waals surface area contributed by atoms with Crippen molar-refractivity contribution in [3.05, 3.63) is 71.1 Å². The highest BCUT2D eigenvalue weighted by molar-refractivity contribution is 7.80. The Hall–Kier alpha value is -3.76. The second kappa shape index (κ2) is 10.2. The van der Waals surface area contributed by atoms with E-state index in [9.17, 15) is 9.59 Å². The van der Waals surface area contributed by atoms with Crippen LogP contribution in [0.3, 0.4) is 0 Å². The number of carbonyl (C=O) groups excluding carboxylic acids is 2. The Kier molecular flexibility index (Phi) is 6.96. The summed E-state index contributed by atoms with van der Waals surface area (Å²) in [6, 6.07) is 14.9. The number of thiocarbonyl (C=S) groups is 2. The normalized spacial score (nSPS) is 17.6. The summed E-state index contributed by atoms with van der Waals surface area (Å²) in [4.78, 5) is 23.8. The van der Waals surface area contributed by atoms with Gasteiger partial charge in [0.25, 0.3) is 11.8 Å². The van der Waals surface area contributed by atoms with E-state index in [1.54, 1.807) is 12.2 Å². The van der Waals surface area contributed by atoms with Gasteiger partial charge in [0.05, 0.1) is 13.2 Å². The zero-order valence-corrected chi connectivity index (χ0v) is 19.0. The van der Waals surface area contributed by atoms with Crippen LogP contribution < -0.4 is 30.7 Å². The van der Waals surface area contributed by atoms with Crippen LogP contribution in [0.2, 0.25) is 0 Å². The molecule has 2 amide bonds. The molecule has 0 spiro atoms. The van der Waals surface area contributed by atoms with Crippen molar-refractivity contribution in [1.29, 1.82) is 0 Å². The largest absolute Gasteiger partial charge is 0.493 e. The van der Waals surface area contributed by atoms with Gasteiger partial charge in [-0.3, -0.25) is 20.2 Å². The van der Waals surface area contributed by atoms with Gasteiger partial charge in [0, 0.05) is 17.5 Å². The standard InChI is InChI=1S/C23H20N4O4S2/c28-20-16(24-22(32)26-20)12-14-6-1-3-8-18(14)30-10-5-11-31-19-9-4-2-7-15(19)13-17-21(29)27-23(33)25-17/h1-4,6-9,12-13H,5,10-11H2,(H2,24,26,28,32)(H2,25,27,29,33)/b16-12+,17-13+. The summed E-state index contributed by atoms with van der Waals surface area (Å²) in [5.41, 5.74) is 2.27. The Morgan fingerprint density at radius 3 is 1.48 bits per heavy atom. The summed E-state index contributed by atoms with van der Waals surface area (Å²) in [6.45, 7) is 0.833. The number of hydrogen-bond acceptors (Lipinski definition) is 6. The molecule has 0 aliphatic carbocycles. The Morgan fingerprint density at radius 2 is 1.09 bits per heavy atom. The predicted octanol–water partition coefficient (Wildman–Crippen LogP) is 2.22. The number of benzene rings is 2. The smallest absolute Gasteiger partial charge is 0.273 e. The zero-order chi connectivity index (χ0) is 23.2. The van der Waals surface area contributed by atoms with Crippen LogP contribution in [0, 0.1) is 0 Å². The Morgan fingerprint density at radius 1 is 0.667 bits per heavy atom. The number of rotatable bonds is 8. The van der Waals surface area contributed by atoms with Gasteiger partial charge in [-0.2, -0.15) is 0 Å². The molecule has 2 heterocycles. The van der Waals surface area contributed by atoms with Crippen LogP contribution in [0.5, 0.6) is 11.5 Å². The Labute approximate surface area is 201 Å². The summed E-state index contributed by atoms with van der Waals surface area (Å²) >= 11 is 9.92. The Bertz CT molecular complexity index is 1100. The lowest BCUT2D eigenvalue weighted by Gasteiger charge is -2.12. The minimum Gasteiger partial charge on any atom is -0.493 e. The van der Waals surface area contributed by atoms with Crippen molar-refractivity contribution in [2.24, 2.45) is 0 Å². The Balaban J connectivity index is 1.33. The van der Waals surface area contributed by atoms with Crippen LogP contribution >= 0.6 is 24.4 Å². The molecule has 8 nitrogen and oxygen atoms in total. The summed E-state index contributed by atoms with van der Waals surface area (Å²) in [5.74, 6) is 0.751. The van der Waals surface area contributed by atoms with Crippen LogP contribution in [0.1, 0.15) is 17.5 Å². The van der Waals surface area contributed by atoms with Gasteiger partial charge in [0.2, 0.25) is 0 Å². The number of para-hydroxylation sites is 2. The van der Waals surface area contributed by atoms with E-state index < -0.39 is 0 Å². The van der Waals surface area contributed by atoms with E-state index in [1.807, 2.05) is 48.5 Å². The van der Waals surface area contributed by atoms with E-state index in [-0.39, 0.29) is 22.0 Å². The second-order valence-corrected chi connectivity index (χ2v) is 7.88. The second-order valence-electron chi connectivity index (χ2n) is 7.06. The molecule has 0 radical (unpaired) electrons. The molecule has 4 N–H and O–H groups in total. The van der Waals surface area contributed by atoms with Gasteiger partial charge in [-0.25, -0.2) is 0 Å². The van der Waals surface area contributed by atoms with Gasteiger partial charge in [-0.15, -0.1) is 0 Å². The first-order chi connectivity index (χ1) is 16.0. The molecule has 10 heteroatoms. The molecule has 2 fully saturated rings. The van der Waals surface area contributed by atoms with Crippen molar-refractivity contribution in [2.45, 2.75) is 6.42 Å². The maximum absolute atomic E-state index is 11.9. The molecule has 2 aromatic carbocycles. The van der Waals surface area contributed by atoms with Crippen molar-refractivity contribution in [3.63, 3.8) is 0 Å². The van der Waals surface area contributed by atoms with Gasteiger partial charge in [0.15, 0.2) is 10.2 Å². The lowest BCUT2D eigenvalue weighted by molar-refractivity contribution is -0.116. The van der Waals surface area contributed by atoms with Crippen molar-refractivity contribution in [1.82, 2.24) is 21.3 Å². The van der Waals surface area contributed by atoms with E-state index in [2.05, 4.69) is 21.3 Å². The summed E-state index contributed by atoms with van der Waals surface area (Å²) in [5, 5.41) is 11.3. The fraction of sp³-hybridized carbons (Fsp3) is 0.130. The van der Waals surface area contributed by atoms with Crippen LogP contribution in [0.4, 0.5) is 0 Å². The number of carbonyl (C=O) groups is 2. The first-order valence-electron chi connectivity index (χ1n) is 10.1. The molecule has 0 unspecified atom stereocenters. The van der Waals surface area contributed by atoms with Crippen LogP contribution in [-0.2, 0) is 9.59 Å². The fourth-order valence-electron chi connectivity index (χ4n) is 3.16. The van der Waals surface area contributed by atoms with Gasteiger partial charge in [-0.05, 0) is 48.7 Å². The van der Waals surface area contributed by atoms with Crippen molar-refractivity contribution >= 4 is 58.6 Å². The molecule has 0 saturated carbocycles. The molecular formula is C23H20N4O4S2. The topological polar surface area (TPSA) is 101 Å². The molecule has 2 aliphatic rings. The fourth-order valence-corrected chi connectivity index (χ4v) is 3.57. The zero-order valence-electron chi connectivity index (χ0n) is 17.3. The molecule has 0 aromatic heterocycles. The molecular weight excluding hydrogens is 460 g/mol. The van der Waals surface area contributed by atoms with Gasteiger partial charge in [0.1, 0.15) is 22.9 Å². The third kappa shape index (κ3) is 5.73. The minimum atomic E-state index is -0.274. The lowest BCUT2D eigenvalue weighted by Crippen LogP contribution is -2.21. The van der Waals surface area contributed by atoms with Crippen LogP contribution in [0.25, 0.3) is 12.2 Å². The highest BCUT2D eigenvalue weighted by Gasteiger charge is 2.21. The highest BCUT2D eigenvalue weighted by atomic mass is 32.1. The molecule has 168 valence electrons. The van der Waals surface area contributed by atoms with E-state index in [0.717, 1.165) is 11.1 Å². The van der Waals surface area contributed by atoms with Gasteiger partial charge in [-0.1, -0.05) is 36.4 Å². The van der Waals surface area contributed by atoms with Gasteiger partial charge >= 0.3 is 0 Å². The monoisotopic (exact) mass is 480 g/mol. The van der Waals surface area contributed by atoms with Crippen molar-refractivity contribution < 1.29 is 19.1 Å². The van der Waals surface area contributed by atoms with E-state index in [0.29, 0.717) is 42.5 Å². The van der Waals surface area contributed by atoms with E-state index in [1.165, 1.54) is 0 Å². The average Bonchev–Trinajstić information content (AvgIpc) is 3.28. The third-order valence-electron chi connectivity index (χ3n) is 4.68. The average molecular weight is 481 g/mol. The number of ether oxygens (including phenoxy) is 2. The molecule has 0 bridgehead atoms. The third-order valence-corrected chi connectivity index (χ3v) is 5.09. The first-order valence-corrected chi connectivity index (χ1v) is 10.9. The predicted molar refractivity (Wildman–Crippen MR) is 132 cm³/mol. The quantitative estimate of drug-likeness (QED) is 0.259. The molecule has 2 aromatic rings. The number of nitrogens with one attached hydrogen (secondary N) is 4. The summed E-state index contributed by atoms with van der Waals surface area (Å²) in [6.07, 6.45) is 4.02. The van der Waals surface area contributed by atoms with E-state index in [4.69, 9.17) is 33.9 Å². The molecule has 4 rings (SSSR count). The van der Waals surface area contributed by atoms with Crippen LogP contribution in [-0.4, -0.2) is 35.3 Å². The minimum absolute atomic E-state index is 0.274. The SMILES string of the molecule is O=C1NC(=S)N/C1=C/c1ccccc1OCCCOc1ccccc1/C=C1/NC(=S)NC1=O. The van der Waals surface area contributed by atoms with Crippen LogP contribution in [0.15, 0.2) is 59.9 Å². The number of hydrogen-bond donors (Lipinski definition) is 4. The van der Waals surface area contributed by atoms with Gasteiger partial charge < -0.3 is 20.1 Å².